The van der Waals surface area contributed by atoms with Crippen molar-refractivity contribution in [2.24, 2.45) is 10.8 Å². The molecule has 0 aromatic carbocycles. The fourth-order valence-corrected chi connectivity index (χ4v) is 1.80. The number of methoxy groups -OCH3 is 2. The summed E-state index contributed by atoms with van der Waals surface area (Å²) in [6.07, 6.45) is -0.861. The van der Waals surface area contributed by atoms with Gasteiger partial charge in [0.05, 0.1) is 12.8 Å². The number of Topliss-reactive ketones (excluding diaryl/α,β-unsaturated/α-hetero) is 4. The van der Waals surface area contributed by atoms with E-state index in [4.69, 9.17) is 10.2 Å². The van der Waals surface area contributed by atoms with Gasteiger partial charge in [-0.25, -0.2) is 9.59 Å². The van der Waals surface area contributed by atoms with Crippen molar-refractivity contribution in [3.05, 3.63) is 0 Å². The first-order chi connectivity index (χ1) is 14.1. The molecule has 10 nitrogen and oxygen atoms in total. The van der Waals surface area contributed by atoms with Gasteiger partial charge in [-0.05, 0) is 13.8 Å². The summed E-state index contributed by atoms with van der Waals surface area (Å²) in [5, 5.41) is 17.7. The zero-order valence-electron chi connectivity index (χ0n) is 20.9. The van der Waals surface area contributed by atoms with Crippen LogP contribution in [0.15, 0.2) is 0 Å². The van der Waals surface area contributed by atoms with E-state index >= 15 is 0 Å². The van der Waals surface area contributed by atoms with Crippen molar-refractivity contribution in [3.8, 4) is 0 Å². The van der Waals surface area contributed by atoms with Crippen LogP contribution in [0, 0.1) is 10.8 Å². The van der Waals surface area contributed by atoms with Gasteiger partial charge in [0.2, 0.25) is 11.2 Å². The average Bonchev–Trinajstić information content (AvgIpc) is 2.64. The third-order valence-electron chi connectivity index (χ3n) is 5.01. The van der Waals surface area contributed by atoms with Crippen LogP contribution in [-0.2, 0) is 58.7 Å². The van der Waals surface area contributed by atoms with Gasteiger partial charge in [-0.15, -0.1) is 0 Å². The van der Waals surface area contributed by atoms with E-state index < -0.39 is 58.4 Å². The third kappa shape index (κ3) is 10.3. The van der Waals surface area contributed by atoms with E-state index in [-0.39, 0.29) is 32.0 Å². The number of carbonyl (C=O) groups excluding carboxylic acids is 4. The van der Waals surface area contributed by atoms with E-state index in [1.165, 1.54) is 0 Å². The molecular formula is C22H36O10Pd. The standard InChI is InChI=1S/2C11H18O5.Pd/c2*1-10(2,3)7(12)6-8(13)11(4,16-5)9(14)15;/h2*6H2,1-5H3,(H,14,15);. The molecule has 0 aromatic heterocycles. The zero-order chi connectivity index (χ0) is 26.3. The second-order valence-electron chi connectivity index (χ2n) is 9.63. The number of carboxylic acids is 2. The molecule has 33 heavy (non-hydrogen) atoms. The first-order valence-electron chi connectivity index (χ1n) is 9.81. The van der Waals surface area contributed by atoms with Gasteiger partial charge in [-0.2, -0.15) is 0 Å². The van der Waals surface area contributed by atoms with Gasteiger partial charge in [0.1, 0.15) is 11.6 Å². The Morgan fingerprint density at radius 3 is 0.879 bits per heavy atom. The Kier molecular flexibility index (Phi) is 14.3. The number of carbonyl (C=O) groups is 6. The first-order valence-corrected chi connectivity index (χ1v) is 9.81. The fourth-order valence-electron chi connectivity index (χ4n) is 1.80. The van der Waals surface area contributed by atoms with Gasteiger partial charge in [0, 0.05) is 45.5 Å². The minimum atomic E-state index is -1.94. The molecule has 0 saturated heterocycles. The Bertz CT molecular complexity index is 696. The maximum absolute atomic E-state index is 11.7. The molecule has 0 bridgehead atoms. The molecule has 0 radical (unpaired) electrons. The predicted octanol–water partition coefficient (Wildman–Crippen LogP) is 2.10. The van der Waals surface area contributed by atoms with E-state index in [2.05, 4.69) is 9.47 Å². The summed E-state index contributed by atoms with van der Waals surface area (Å²) in [7, 11) is 2.27. The van der Waals surface area contributed by atoms with Crippen molar-refractivity contribution in [2.45, 2.75) is 79.4 Å². The van der Waals surface area contributed by atoms with Crippen LogP contribution in [0.2, 0.25) is 0 Å². The molecule has 0 fully saturated rings. The second kappa shape index (κ2) is 13.2. The van der Waals surface area contributed by atoms with Gasteiger partial charge in [-0.3, -0.25) is 19.2 Å². The Morgan fingerprint density at radius 2 is 0.758 bits per heavy atom. The SMILES string of the molecule is COC(C)(C(=O)O)C(=O)CC(=O)C(C)(C)C.COC(C)(C(=O)O)C(=O)CC(=O)C(C)(C)C.[Pd]. The Hall–Kier alpha value is -1.80. The van der Waals surface area contributed by atoms with Crippen LogP contribution in [0.25, 0.3) is 0 Å². The minimum Gasteiger partial charge on any atom is -0.479 e. The quantitative estimate of drug-likeness (QED) is 0.296. The number of aliphatic carboxylic acids is 2. The molecule has 0 saturated carbocycles. The predicted molar refractivity (Wildman–Crippen MR) is 114 cm³/mol. The summed E-state index contributed by atoms with van der Waals surface area (Å²) in [5.41, 5.74) is -5.21. The molecule has 2 N–H and O–H groups in total. The monoisotopic (exact) mass is 566 g/mol. The molecule has 0 aliphatic rings. The summed E-state index contributed by atoms with van der Waals surface area (Å²) in [6, 6.07) is 0. The largest absolute Gasteiger partial charge is 0.479 e. The van der Waals surface area contributed by atoms with E-state index in [9.17, 15) is 28.8 Å². The number of carboxylic acid groups (broad SMARTS) is 2. The zero-order valence-corrected chi connectivity index (χ0v) is 22.4. The Labute approximate surface area is 208 Å². The third-order valence-corrected chi connectivity index (χ3v) is 5.01. The van der Waals surface area contributed by atoms with Crippen LogP contribution >= 0.6 is 0 Å². The van der Waals surface area contributed by atoms with Crippen LogP contribution in [-0.4, -0.2) is 70.7 Å². The van der Waals surface area contributed by atoms with Gasteiger partial charge >= 0.3 is 11.9 Å². The maximum atomic E-state index is 11.7. The Balaban J connectivity index is -0.000000529. The molecule has 2 unspecified atom stereocenters. The van der Waals surface area contributed by atoms with Crippen molar-refractivity contribution >= 4 is 35.1 Å². The number of ketones is 4. The normalized spacial score (nSPS) is 14.8. The molecule has 0 rings (SSSR count). The van der Waals surface area contributed by atoms with Crippen LogP contribution < -0.4 is 0 Å². The van der Waals surface area contributed by atoms with E-state index in [1.807, 2.05) is 0 Å². The average molecular weight is 567 g/mol. The molecule has 0 amide bonds. The second-order valence-corrected chi connectivity index (χ2v) is 9.63. The van der Waals surface area contributed by atoms with Crippen molar-refractivity contribution in [1.29, 1.82) is 0 Å². The molecule has 0 heterocycles. The number of rotatable bonds is 10. The fraction of sp³-hybridized carbons (Fsp3) is 0.727. The van der Waals surface area contributed by atoms with Crippen LogP contribution in [0.5, 0.6) is 0 Å². The summed E-state index contributed by atoms with van der Waals surface area (Å²) >= 11 is 0. The smallest absolute Gasteiger partial charge is 0.343 e. The number of hydrogen-bond donors (Lipinski definition) is 2. The molecular weight excluding hydrogens is 531 g/mol. The molecule has 0 spiro atoms. The topological polar surface area (TPSA) is 161 Å². The summed E-state index contributed by atoms with van der Waals surface area (Å²) in [4.78, 5) is 68.3. The van der Waals surface area contributed by atoms with Crippen molar-refractivity contribution in [3.63, 3.8) is 0 Å². The summed E-state index contributed by atoms with van der Waals surface area (Å²) < 4.78 is 9.35. The minimum absolute atomic E-state index is 0. The van der Waals surface area contributed by atoms with Gasteiger partial charge in [0.15, 0.2) is 11.6 Å². The summed E-state index contributed by atoms with van der Waals surface area (Å²) in [6.45, 7) is 12.3. The maximum Gasteiger partial charge on any atom is 0.343 e. The molecule has 0 aliphatic carbocycles. The molecule has 0 aliphatic heterocycles. The number of ether oxygens (including phenoxy) is 2. The number of hydrogen-bond acceptors (Lipinski definition) is 8. The van der Waals surface area contributed by atoms with Crippen molar-refractivity contribution < 1.29 is 68.9 Å². The van der Waals surface area contributed by atoms with E-state index in [0.717, 1.165) is 28.1 Å². The van der Waals surface area contributed by atoms with Gasteiger partial charge in [0.25, 0.3) is 0 Å². The molecule has 11 heteroatoms. The van der Waals surface area contributed by atoms with Crippen molar-refractivity contribution in [1.82, 2.24) is 0 Å². The van der Waals surface area contributed by atoms with Crippen LogP contribution in [0.4, 0.5) is 0 Å². The van der Waals surface area contributed by atoms with E-state index in [0.29, 0.717) is 0 Å². The van der Waals surface area contributed by atoms with Gasteiger partial charge < -0.3 is 19.7 Å². The molecule has 2 atom stereocenters. The van der Waals surface area contributed by atoms with E-state index in [1.54, 1.807) is 41.5 Å². The van der Waals surface area contributed by atoms with Crippen molar-refractivity contribution in [2.75, 3.05) is 14.2 Å². The summed E-state index contributed by atoms with van der Waals surface area (Å²) in [5.74, 6) is -4.85. The van der Waals surface area contributed by atoms with Gasteiger partial charge in [-0.1, -0.05) is 41.5 Å². The van der Waals surface area contributed by atoms with Crippen LogP contribution in [0.1, 0.15) is 68.2 Å². The first kappa shape index (κ1) is 35.8. The molecule has 194 valence electrons. The van der Waals surface area contributed by atoms with Crippen LogP contribution in [0.3, 0.4) is 0 Å². The molecule has 0 aromatic rings. The Morgan fingerprint density at radius 1 is 0.545 bits per heavy atom.